The number of Topliss-reactive ketones (excluding diaryl/α,β-unsaturated/α-hetero) is 1. The van der Waals surface area contributed by atoms with E-state index in [1.807, 2.05) is 34.6 Å². The molecular weight excluding hydrogens is 242 g/mol. The van der Waals surface area contributed by atoms with E-state index in [4.69, 9.17) is 4.74 Å². The average Bonchev–Trinajstić information content (AvgIpc) is 2.08. The van der Waals surface area contributed by atoms with E-state index in [1.54, 1.807) is 0 Å². The molecule has 1 aliphatic heterocycles. The van der Waals surface area contributed by atoms with Crippen molar-refractivity contribution in [3.8, 4) is 0 Å². The van der Waals surface area contributed by atoms with Gasteiger partial charge in [-0.05, 0) is 53.9 Å². The first-order chi connectivity index (χ1) is 8.55. The van der Waals surface area contributed by atoms with Crippen molar-refractivity contribution in [3.63, 3.8) is 0 Å². The van der Waals surface area contributed by atoms with Crippen LogP contribution in [-0.2, 0) is 14.3 Å². The molecule has 4 nitrogen and oxygen atoms in total. The highest BCUT2D eigenvalue weighted by Crippen LogP contribution is 2.45. The molecule has 1 saturated heterocycles. The molecule has 0 aromatic carbocycles. The number of carbonyl (C=O) groups excluding carboxylic acids is 2. The zero-order valence-electron chi connectivity index (χ0n) is 12.6. The van der Waals surface area contributed by atoms with Gasteiger partial charge in [-0.15, -0.1) is 0 Å². The quantitative estimate of drug-likeness (QED) is 0.584. The number of carbonyl (C=O) groups is 2. The van der Waals surface area contributed by atoms with Gasteiger partial charge in [-0.2, -0.15) is 0 Å². The zero-order valence-corrected chi connectivity index (χ0v) is 12.6. The van der Waals surface area contributed by atoms with Crippen LogP contribution in [0.15, 0.2) is 0 Å². The Kier molecular flexibility index (Phi) is 3.28. The molecule has 0 amide bonds. The molecule has 1 heterocycles. The second-order valence-electron chi connectivity index (χ2n) is 7.63. The molecule has 1 N–H and O–H groups in total. The molecule has 108 valence electrons. The van der Waals surface area contributed by atoms with Gasteiger partial charge in [0.25, 0.3) is 0 Å². The normalized spacial score (nSPS) is 28.9. The van der Waals surface area contributed by atoms with E-state index >= 15 is 0 Å². The van der Waals surface area contributed by atoms with Gasteiger partial charge in [-0.3, -0.25) is 9.59 Å². The third-order valence-electron chi connectivity index (χ3n) is 3.97. The summed E-state index contributed by atoms with van der Waals surface area (Å²) in [5, 5.41) is 3.53. The van der Waals surface area contributed by atoms with Gasteiger partial charge in [0.2, 0.25) is 0 Å². The van der Waals surface area contributed by atoms with Crippen LogP contribution in [0.3, 0.4) is 0 Å². The Labute approximate surface area is 115 Å². The van der Waals surface area contributed by atoms with Crippen molar-refractivity contribution in [1.82, 2.24) is 5.32 Å². The lowest BCUT2D eigenvalue weighted by molar-refractivity contribution is -0.171. The van der Waals surface area contributed by atoms with Crippen LogP contribution in [0.5, 0.6) is 0 Å². The maximum Gasteiger partial charge on any atom is 0.318 e. The molecule has 19 heavy (non-hydrogen) atoms. The van der Waals surface area contributed by atoms with Crippen LogP contribution in [-0.4, -0.2) is 28.4 Å². The molecule has 1 atom stereocenters. The monoisotopic (exact) mass is 267 g/mol. The van der Waals surface area contributed by atoms with Crippen LogP contribution in [0.25, 0.3) is 0 Å². The Morgan fingerprint density at radius 1 is 1.32 bits per heavy atom. The van der Waals surface area contributed by atoms with Crippen LogP contribution in [0.1, 0.15) is 60.3 Å². The van der Waals surface area contributed by atoms with Crippen molar-refractivity contribution in [1.29, 1.82) is 0 Å². The second kappa shape index (κ2) is 4.30. The highest BCUT2D eigenvalue weighted by atomic mass is 16.6. The number of hydrogen-bond acceptors (Lipinski definition) is 4. The topological polar surface area (TPSA) is 55.4 Å². The van der Waals surface area contributed by atoms with Crippen LogP contribution in [0.4, 0.5) is 0 Å². The minimum absolute atomic E-state index is 0.0256. The molecule has 1 saturated carbocycles. The summed E-state index contributed by atoms with van der Waals surface area (Å²) in [6.45, 7) is 9.56. The van der Waals surface area contributed by atoms with Gasteiger partial charge in [0.15, 0.2) is 5.78 Å². The highest BCUT2D eigenvalue weighted by Gasteiger charge is 2.57. The van der Waals surface area contributed by atoms with Crippen molar-refractivity contribution < 1.29 is 14.3 Å². The third kappa shape index (κ3) is 2.83. The van der Waals surface area contributed by atoms with Gasteiger partial charge < -0.3 is 10.1 Å². The minimum atomic E-state index is -0.631. The first-order valence-electron chi connectivity index (χ1n) is 7.10. The van der Waals surface area contributed by atoms with Crippen molar-refractivity contribution in [3.05, 3.63) is 0 Å². The fraction of sp³-hybridized carbons (Fsp3) is 0.867. The number of ketones is 1. The molecule has 0 aromatic rings. The van der Waals surface area contributed by atoms with Crippen molar-refractivity contribution in [2.75, 3.05) is 0 Å². The van der Waals surface area contributed by atoms with Crippen LogP contribution in [0, 0.1) is 5.92 Å². The molecule has 2 aliphatic rings. The molecule has 1 aliphatic carbocycles. The Morgan fingerprint density at radius 3 is 2.32 bits per heavy atom. The molecule has 0 aromatic heterocycles. The van der Waals surface area contributed by atoms with Crippen molar-refractivity contribution in [2.45, 2.75) is 77.0 Å². The third-order valence-corrected chi connectivity index (χ3v) is 3.97. The minimum Gasteiger partial charge on any atom is -0.459 e. The standard InChI is InChI=1S/C15H25NO3/c1-13(2,3)19-12(18)11-10(17)9-14(4,5)16-15(11)7-6-8-15/h11,16H,6-9H2,1-5H3. The fourth-order valence-corrected chi connectivity index (χ4v) is 3.33. The zero-order chi connectivity index (χ0) is 14.5. The number of nitrogens with one attached hydrogen (secondary N) is 1. The number of ether oxygens (including phenoxy) is 1. The number of rotatable bonds is 1. The molecule has 2 rings (SSSR count). The summed E-state index contributed by atoms with van der Waals surface area (Å²) in [5.74, 6) is -0.966. The van der Waals surface area contributed by atoms with E-state index in [-0.39, 0.29) is 22.8 Å². The predicted octanol–water partition coefficient (Wildman–Crippen LogP) is 2.21. The second-order valence-corrected chi connectivity index (χ2v) is 7.63. The van der Waals surface area contributed by atoms with Crippen molar-refractivity contribution >= 4 is 11.8 Å². The smallest absolute Gasteiger partial charge is 0.318 e. The van der Waals surface area contributed by atoms with Gasteiger partial charge in [0.05, 0.1) is 0 Å². The Balaban J connectivity index is 2.23. The van der Waals surface area contributed by atoms with E-state index in [1.165, 1.54) is 0 Å². The van der Waals surface area contributed by atoms with Crippen LogP contribution >= 0.6 is 0 Å². The van der Waals surface area contributed by atoms with Gasteiger partial charge >= 0.3 is 5.97 Å². The lowest BCUT2D eigenvalue weighted by Gasteiger charge is -2.54. The van der Waals surface area contributed by atoms with Crippen LogP contribution < -0.4 is 5.32 Å². The van der Waals surface area contributed by atoms with Gasteiger partial charge in [0.1, 0.15) is 11.5 Å². The summed E-state index contributed by atoms with van der Waals surface area (Å²) in [6.07, 6.45) is 3.21. The number of piperidine rings is 1. The number of hydrogen-bond donors (Lipinski definition) is 1. The summed E-state index contributed by atoms with van der Waals surface area (Å²) in [6, 6.07) is 0. The Bertz CT molecular complexity index is 402. The molecule has 0 bridgehead atoms. The summed E-state index contributed by atoms with van der Waals surface area (Å²) in [7, 11) is 0. The first kappa shape index (κ1) is 14.5. The molecule has 1 spiro atoms. The largest absolute Gasteiger partial charge is 0.459 e. The Morgan fingerprint density at radius 2 is 1.89 bits per heavy atom. The first-order valence-corrected chi connectivity index (χ1v) is 7.10. The fourth-order valence-electron chi connectivity index (χ4n) is 3.33. The molecule has 2 fully saturated rings. The van der Waals surface area contributed by atoms with Gasteiger partial charge in [-0.25, -0.2) is 0 Å². The number of esters is 1. The maximum atomic E-state index is 12.4. The van der Waals surface area contributed by atoms with E-state index < -0.39 is 11.5 Å². The molecular formula is C15H25NO3. The van der Waals surface area contributed by atoms with Crippen molar-refractivity contribution in [2.24, 2.45) is 5.92 Å². The molecule has 0 radical (unpaired) electrons. The lowest BCUT2D eigenvalue weighted by Crippen LogP contribution is -2.70. The molecule has 4 heteroatoms. The lowest BCUT2D eigenvalue weighted by atomic mass is 9.61. The summed E-state index contributed by atoms with van der Waals surface area (Å²) >= 11 is 0. The average molecular weight is 267 g/mol. The van der Waals surface area contributed by atoms with Crippen LogP contribution in [0.2, 0.25) is 0 Å². The SMILES string of the molecule is CC1(C)CC(=O)C(C(=O)OC(C)(C)C)C2(CCC2)N1. The summed E-state index contributed by atoms with van der Waals surface area (Å²) in [5.41, 5.74) is -1.13. The van der Waals surface area contributed by atoms with E-state index in [2.05, 4.69) is 5.32 Å². The Hall–Kier alpha value is -0.900. The van der Waals surface area contributed by atoms with Gasteiger partial charge in [0, 0.05) is 17.5 Å². The predicted molar refractivity (Wildman–Crippen MR) is 72.8 cm³/mol. The summed E-state index contributed by atoms with van der Waals surface area (Å²) < 4.78 is 5.45. The van der Waals surface area contributed by atoms with Gasteiger partial charge in [-0.1, -0.05) is 0 Å². The summed E-state index contributed by atoms with van der Waals surface area (Å²) in [4.78, 5) is 24.8. The maximum absolute atomic E-state index is 12.4. The molecule has 1 unspecified atom stereocenters. The highest BCUT2D eigenvalue weighted by molar-refractivity contribution is 6.02. The van der Waals surface area contributed by atoms with E-state index in [9.17, 15) is 9.59 Å². The van der Waals surface area contributed by atoms with E-state index in [0.717, 1.165) is 19.3 Å². The van der Waals surface area contributed by atoms with E-state index in [0.29, 0.717) is 6.42 Å².